The number of amides is 1. The van der Waals surface area contributed by atoms with E-state index in [4.69, 9.17) is 9.47 Å². The lowest BCUT2D eigenvalue weighted by molar-refractivity contribution is -0.128. The van der Waals surface area contributed by atoms with Gasteiger partial charge < -0.3 is 14.8 Å². The zero-order valence-electron chi connectivity index (χ0n) is 15.5. The Morgan fingerprint density at radius 3 is 2.46 bits per heavy atom. The quantitative estimate of drug-likeness (QED) is 0.893. The van der Waals surface area contributed by atoms with E-state index in [1.54, 1.807) is 7.11 Å². The normalized spacial score (nSPS) is 21.8. The van der Waals surface area contributed by atoms with Crippen LogP contribution in [-0.4, -0.2) is 43.2 Å². The molecule has 0 aromatic heterocycles. The van der Waals surface area contributed by atoms with Crippen LogP contribution in [0.5, 0.6) is 5.75 Å². The molecule has 1 fully saturated rings. The molecular weight excluding hydrogens is 328 g/mol. The van der Waals surface area contributed by atoms with Crippen molar-refractivity contribution in [3.63, 3.8) is 0 Å². The van der Waals surface area contributed by atoms with Crippen molar-refractivity contribution in [1.82, 2.24) is 4.90 Å². The highest BCUT2D eigenvalue weighted by Crippen LogP contribution is 2.27. The number of hydrogen-bond acceptors (Lipinski definition) is 4. The highest BCUT2D eigenvalue weighted by molar-refractivity contribution is 5.95. The van der Waals surface area contributed by atoms with Gasteiger partial charge in [-0.05, 0) is 31.5 Å². The van der Waals surface area contributed by atoms with E-state index in [2.05, 4.69) is 10.2 Å². The SMILES string of the molecule is COc1cccc(NC(=O)[C@H](c2ccccc2)N2C[C@@H](C)O[C@H](C)C2)c1. The molecule has 1 aliphatic heterocycles. The molecule has 0 saturated carbocycles. The molecule has 2 aromatic rings. The predicted octanol–water partition coefficient (Wildman–Crippen LogP) is 3.48. The molecule has 0 bridgehead atoms. The van der Waals surface area contributed by atoms with E-state index in [-0.39, 0.29) is 24.2 Å². The number of nitrogens with one attached hydrogen (secondary N) is 1. The second kappa shape index (κ2) is 8.34. The van der Waals surface area contributed by atoms with Crippen molar-refractivity contribution >= 4 is 11.6 Å². The highest BCUT2D eigenvalue weighted by atomic mass is 16.5. The summed E-state index contributed by atoms with van der Waals surface area (Å²) in [4.78, 5) is 15.4. The van der Waals surface area contributed by atoms with Gasteiger partial charge in [0.05, 0.1) is 19.3 Å². The van der Waals surface area contributed by atoms with Crippen molar-refractivity contribution in [3.05, 3.63) is 60.2 Å². The molecule has 3 atom stereocenters. The van der Waals surface area contributed by atoms with E-state index in [1.807, 2.05) is 68.4 Å². The van der Waals surface area contributed by atoms with Gasteiger partial charge in [0.25, 0.3) is 0 Å². The Morgan fingerprint density at radius 1 is 1.12 bits per heavy atom. The number of nitrogens with zero attached hydrogens (tertiary/aromatic N) is 1. The number of carbonyl (C=O) groups excluding carboxylic acids is 1. The maximum Gasteiger partial charge on any atom is 0.246 e. The summed E-state index contributed by atoms with van der Waals surface area (Å²) >= 11 is 0. The molecule has 5 heteroatoms. The van der Waals surface area contributed by atoms with Crippen LogP contribution in [-0.2, 0) is 9.53 Å². The minimum atomic E-state index is -0.365. The average molecular weight is 354 g/mol. The first-order valence-electron chi connectivity index (χ1n) is 8.96. The Balaban J connectivity index is 1.86. The van der Waals surface area contributed by atoms with Crippen LogP contribution >= 0.6 is 0 Å². The molecule has 0 spiro atoms. The van der Waals surface area contributed by atoms with Gasteiger partial charge in [0.1, 0.15) is 11.8 Å². The Kier molecular flexibility index (Phi) is 5.91. The maximum atomic E-state index is 13.2. The van der Waals surface area contributed by atoms with Gasteiger partial charge in [-0.1, -0.05) is 36.4 Å². The van der Waals surface area contributed by atoms with Crippen LogP contribution < -0.4 is 10.1 Å². The van der Waals surface area contributed by atoms with Crippen LogP contribution in [0.4, 0.5) is 5.69 Å². The zero-order chi connectivity index (χ0) is 18.5. The summed E-state index contributed by atoms with van der Waals surface area (Å²) in [5.74, 6) is 0.665. The smallest absolute Gasteiger partial charge is 0.246 e. The molecule has 138 valence electrons. The lowest BCUT2D eigenvalue weighted by atomic mass is 10.0. The fourth-order valence-corrected chi connectivity index (χ4v) is 3.50. The summed E-state index contributed by atoms with van der Waals surface area (Å²) in [5.41, 5.74) is 1.71. The van der Waals surface area contributed by atoms with Gasteiger partial charge in [-0.3, -0.25) is 9.69 Å². The van der Waals surface area contributed by atoms with Gasteiger partial charge in [0.2, 0.25) is 5.91 Å². The molecular formula is C21H26N2O3. The summed E-state index contributed by atoms with van der Waals surface area (Å²) < 4.78 is 11.1. The first kappa shape index (κ1) is 18.4. The first-order chi connectivity index (χ1) is 12.6. The van der Waals surface area contributed by atoms with E-state index in [1.165, 1.54) is 0 Å². The molecule has 0 aliphatic carbocycles. The van der Waals surface area contributed by atoms with Gasteiger partial charge in [-0.25, -0.2) is 0 Å². The van der Waals surface area contributed by atoms with Gasteiger partial charge in [-0.15, -0.1) is 0 Å². The molecule has 1 saturated heterocycles. The number of methoxy groups -OCH3 is 1. The predicted molar refractivity (Wildman–Crippen MR) is 102 cm³/mol. The van der Waals surface area contributed by atoms with Crippen LogP contribution in [0.2, 0.25) is 0 Å². The third kappa shape index (κ3) is 4.42. The molecule has 0 unspecified atom stereocenters. The van der Waals surface area contributed by atoms with Crippen molar-refractivity contribution < 1.29 is 14.3 Å². The number of ether oxygens (including phenoxy) is 2. The molecule has 26 heavy (non-hydrogen) atoms. The monoisotopic (exact) mass is 354 g/mol. The Morgan fingerprint density at radius 2 is 1.81 bits per heavy atom. The second-order valence-corrected chi connectivity index (χ2v) is 6.75. The van der Waals surface area contributed by atoms with Crippen molar-refractivity contribution in [1.29, 1.82) is 0 Å². The molecule has 1 aliphatic rings. The van der Waals surface area contributed by atoms with Crippen molar-refractivity contribution in [3.8, 4) is 5.75 Å². The Hall–Kier alpha value is -2.37. The largest absolute Gasteiger partial charge is 0.497 e. The van der Waals surface area contributed by atoms with Crippen LogP contribution in [0.3, 0.4) is 0 Å². The van der Waals surface area contributed by atoms with Crippen LogP contribution in [0.15, 0.2) is 54.6 Å². The molecule has 1 amide bonds. The third-order valence-corrected chi connectivity index (χ3v) is 4.51. The van der Waals surface area contributed by atoms with Crippen LogP contribution in [0, 0.1) is 0 Å². The number of hydrogen-bond donors (Lipinski definition) is 1. The van der Waals surface area contributed by atoms with Crippen LogP contribution in [0.1, 0.15) is 25.5 Å². The summed E-state index contributed by atoms with van der Waals surface area (Å²) in [6, 6.07) is 16.9. The summed E-state index contributed by atoms with van der Waals surface area (Å²) in [5, 5.41) is 3.04. The third-order valence-electron chi connectivity index (χ3n) is 4.51. The lowest BCUT2D eigenvalue weighted by Gasteiger charge is -2.39. The van der Waals surface area contributed by atoms with Gasteiger partial charge in [0, 0.05) is 24.8 Å². The van der Waals surface area contributed by atoms with E-state index >= 15 is 0 Å². The van der Waals surface area contributed by atoms with Crippen molar-refractivity contribution in [2.45, 2.75) is 32.1 Å². The fraction of sp³-hybridized carbons (Fsp3) is 0.381. The highest BCUT2D eigenvalue weighted by Gasteiger charge is 2.33. The molecule has 3 rings (SSSR count). The first-order valence-corrected chi connectivity index (χ1v) is 8.96. The second-order valence-electron chi connectivity index (χ2n) is 6.75. The van der Waals surface area contributed by atoms with Gasteiger partial charge in [-0.2, -0.15) is 0 Å². The van der Waals surface area contributed by atoms with E-state index in [9.17, 15) is 4.79 Å². The molecule has 1 heterocycles. The summed E-state index contributed by atoms with van der Waals surface area (Å²) in [7, 11) is 1.62. The lowest BCUT2D eigenvalue weighted by Crippen LogP contribution is -2.49. The van der Waals surface area contributed by atoms with E-state index < -0.39 is 0 Å². The molecule has 1 N–H and O–H groups in total. The summed E-state index contributed by atoms with van der Waals surface area (Å²) in [6.45, 7) is 5.53. The maximum absolute atomic E-state index is 13.2. The van der Waals surface area contributed by atoms with Gasteiger partial charge in [0.15, 0.2) is 0 Å². The number of benzene rings is 2. The standard InChI is InChI=1S/C21H26N2O3/c1-15-13-23(14-16(2)26-15)20(17-8-5-4-6-9-17)21(24)22-18-10-7-11-19(12-18)25-3/h4-12,15-16,20H,13-14H2,1-3H3,(H,22,24)/t15-,16-,20+/m1/s1. The van der Waals surface area contributed by atoms with Crippen LogP contribution in [0.25, 0.3) is 0 Å². The molecule has 5 nitrogen and oxygen atoms in total. The van der Waals surface area contributed by atoms with E-state index in [0.717, 1.165) is 24.3 Å². The molecule has 0 radical (unpaired) electrons. The van der Waals surface area contributed by atoms with Gasteiger partial charge >= 0.3 is 0 Å². The Labute approximate surface area is 154 Å². The average Bonchev–Trinajstić information content (AvgIpc) is 2.62. The number of carbonyl (C=O) groups is 1. The zero-order valence-corrected chi connectivity index (χ0v) is 15.5. The number of rotatable bonds is 5. The minimum absolute atomic E-state index is 0.0502. The molecule has 2 aromatic carbocycles. The number of anilines is 1. The minimum Gasteiger partial charge on any atom is -0.497 e. The van der Waals surface area contributed by atoms with Crippen molar-refractivity contribution in [2.75, 3.05) is 25.5 Å². The topological polar surface area (TPSA) is 50.8 Å². The summed E-state index contributed by atoms with van der Waals surface area (Å²) in [6.07, 6.45) is 0.184. The Bertz CT molecular complexity index is 725. The van der Waals surface area contributed by atoms with Crippen molar-refractivity contribution in [2.24, 2.45) is 0 Å². The van der Waals surface area contributed by atoms with E-state index in [0.29, 0.717) is 5.75 Å². The number of morpholine rings is 1. The fourth-order valence-electron chi connectivity index (χ4n) is 3.50.